The van der Waals surface area contributed by atoms with Crippen molar-refractivity contribution in [1.29, 1.82) is 0 Å². The molecule has 2 rings (SSSR count). The van der Waals surface area contributed by atoms with Gasteiger partial charge in [-0.05, 0) is 18.4 Å². The lowest BCUT2D eigenvalue weighted by atomic mass is 10.1. The van der Waals surface area contributed by atoms with Gasteiger partial charge in [0.2, 0.25) is 0 Å². The quantitative estimate of drug-likeness (QED) is 0.621. The molecule has 0 unspecified atom stereocenters. The molecule has 0 atom stereocenters. The van der Waals surface area contributed by atoms with Crippen LogP contribution in [0.1, 0.15) is 12.5 Å². The van der Waals surface area contributed by atoms with E-state index in [1.54, 1.807) is 6.92 Å². The van der Waals surface area contributed by atoms with Crippen molar-refractivity contribution in [2.75, 3.05) is 0 Å². The Morgan fingerprint density at radius 2 is 1.86 bits per heavy atom. The summed E-state index contributed by atoms with van der Waals surface area (Å²) in [6, 6.07) is 11.5. The van der Waals surface area contributed by atoms with Crippen molar-refractivity contribution in [2.24, 2.45) is 0 Å². The Labute approximate surface area is 83.0 Å². The lowest BCUT2D eigenvalue weighted by molar-refractivity contribution is 0.480. The van der Waals surface area contributed by atoms with Gasteiger partial charge in [-0.25, -0.2) is 0 Å². The van der Waals surface area contributed by atoms with Crippen molar-refractivity contribution < 1.29 is 5.11 Å². The Morgan fingerprint density at radius 1 is 1.07 bits per heavy atom. The molecule has 0 saturated carbocycles. The van der Waals surface area contributed by atoms with Gasteiger partial charge in [-0.1, -0.05) is 36.3 Å². The van der Waals surface area contributed by atoms with Gasteiger partial charge in [-0.2, -0.15) is 0 Å². The van der Waals surface area contributed by atoms with Gasteiger partial charge >= 0.3 is 0 Å². The maximum Gasteiger partial charge on any atom is 0.139 e. The molecular weight excluding hydrogens is 172 g/mol. The Kier molecular flexibility index (Phi) is 2.12. The second kappa shape index (κ2) is 3.43. The van der Waals surface area contributed by atoms with Crippen LogP contribution in [0.2, 0.25) is 0 Å². The molecule has 14 heavy (non-hydrogen) atoms. The number of rotatable bonds is 0. The average molecular weight is 182 g/mol. The van der Waals surface area contributed by atoms with E-state index in [1.807, 2.05) is 36.4 Å². The lowest BCUT2D eigenvalue weighted by Gasteiger charge is -2.02. The first-order valence-corrected chi connectivity index (χ1v) is 4.46. The van der Waals surface area contributed by atoms with Crippen molar-refractivity contribution in [3.63, 3.8) is 0 Å². The van der Waals surface area contributed by atoms with Crippen LogP contribution in [-0.2, 0) is 0 Å². The van der Waals surface area contributed by atoms with Gasteiger partial charge < -0.3 is 5.11 Å². The van der Waals surface area contributed by atoms with Crippen LogP contribution in [0.3, 0.4) is 0 Å². The number of benzene rings is 2. The van der Waals surface area contributed by atoms with E-state index < -0.39 is 0 Å². The normalized spacial score (nSPS) is 9.50. The summed E-state index contributed by atoms with van der Waals surface area (Å²) in [5.41, 5.74) is 0.686. The fourth-order valence-corrected chi connectivity index (χ4v) is 1.49. The highest BCUT2D eigenvalue weighted by atomic mass is 16.3. The Bertz CT molecular complexity index is 530. The van der Waals surface area contributed by atoms with Crippen LogP contribution in [0, 0.1) is 11.8 Å². The van der Waals surface area contributed by atoms with E-state index in [4.69, 9.17) is 0 Å². The molecule has 0 saturated heterocycles. The number of hydrogen-bond acceptors (Lipinski definition) is 1. The van der Waals surface area contributed by atoms with E-state index in [0.717, 1.165) is 10.8 Å². The first-order chi connectivity index (χ1) is 6.83. The average Bonchev–Trinajstić information content (AvgIpc) is 2.23. The Morgan fingerprint density at radius 3 is 2.64 bits per heavy atom. The molecule has 0 bridgehead atoms. The summed E-state index contributed by atoms with van der Waals surface area (Å²) in [4.78, 5) is 0. The van der Waals surface area contributed by atoms with Crippen LogP contribution in [0.4, 0.5) is 0 Å². The minimum Gasteiger partial charge on any atom is -0.506 e. The molecule has 0 spiro atoms. The molecule has 0 aliphatic rings. The van der Waals surface area contributed by atoms with Gasteiger partial charge in [0.25, 0.3) is 0 Å². The van der Waals surface area contributed by atoms with Crippen molar-refractivity contribution in [2.45, 2.75) is 6.92 Å². The Hall–Kier alpha value is -1.94. The van der Waals surface area contributed by atoms with Crippen LogP contribution in [0.15, 0.2) is 36.4 Å². The van der Waals surface area contributed by atoms with Crippen LogP contribution in [-0.4, -0.2) is 5.11 Å². The third kappa shape index (κ3) is 1.31. The summed E-state index contributed by atoms with van der Waals surface area (Å²) in [5.74, 6) is 5.92. The molecule has 2 aromatic rings. The third-order valence-electron chi connectivity index (χ3n) is 2.16. The highest BCUT2D eigenvalue weighted by Crippen LogP contribution is 2.27. The molecule has 0 radical (unpaired) electrons. The second-order valence-electron chi connectivity index (χ2n) is 3.06. The van der Waals surface area contributed by atoms with Gasteiger partial charge in [-0.15, -0.1) is 5.92 Å². The van der Waals surface area contributed by atoms with E-state index in [9.17, 15) is 5.11 Å². The molecule has 0 amide bonds. The molecule has 0 aromatic heterocycles. The summed E-state index contributed by atoms with van der Waals surface area (Å²) in [6.07, 6.45) is 0. The fourth-order valence-electron chi connectivity index (χ4n) is 1.49. The zero-order valence-corrected chi connectivity index (χ0v) is 7.91. The Balaban J connectivity index is 2.79. The number of aromatic hydroxyl groups is 1. The largest absolute Gasteiger partial charge is 0.506 e. The van der Waals surface area contributed by atoms with Crippen LogP contribution in [0.25, 0.3) is 10.8 Å². The molecule has 0 aliphatic carbocycles. The van der Waals surface area contributed by atoms with Crippen LogP contribution < -0.4 is 0 Å². The lowest BCUT2D eigenvalue weighted by Crippen LogP contribution is -1.79. The molecule has 0 aliphatic heterocycles. The first kappa shape index (κ1) is 8.65. The minimum absolute atomic E-state index is 0.275. The number of phenolic OH excluding ortho intramolecular Hbond substituents is 1. The predicted molar refractivity (Wildman–Crippen MR) is 58.2 cm³/mol. The second-order valence-corrected chi connectivity index (χ2v) is 3.06. The predicted octanol–water partition coefficient (Wildman–Crippen LogP) is 2.92. The topological polar surface area (TPSA) is 20.2 Å². The molecule has 2 aromatic carbocycles. The third-order valence-corrected chi connectivity index (χ3v) is 2.16. The molecule has 0 fully saturated rings. The summed E-state index contributed by atoms with van der Waals surface area (Å²) in [6.45, 7) is 1.76. The standard InChI is InChI=1S/C13H10O/c1-2-5-11-9-8-10-6-3-4-7-12(10)13(11)14/h3-4,6-9,14H,1H3. The number of fused-ring (bicyclic) bond motifs is 1. The van der Waals surface area contributed by atoms with E-state index in [1.165, 1.54) is 0 Å². The molecule has 1 N–H and O–H groups in total. The molecular formula is C13H10O. The van der Waals surface area contributed by atoms with E-state index >= 15 is 0 Å². The highest BCUT2D eigenvalue weighted by molar-refractivity contribution is 5.90. The van der Waals surface area contributed by atoms with E-state index in [2.05, 4.69) is 11.8 Å². The van der Waals surface area contributed by atoms with Crippen LogP contribution in [0.5, 0.6) is 5.75 Å². The molecule has 1 heteroatoms. The summed E-state index contributed by atoms with van der Waals surface area (Å²) >= 11 is 0. The van der Waals surface area contributed by atoms with Gasteiger partial charge in [0.15, 0.2) is 0 Å². The van der Waals surface area contributed by atoms with Crippen molar-refractivity contribution in [1.82, 2.24) is 0 Å². The first-order valence-electron chi connectivity index (χ1n) is 4.46. The summed E-state index contributed by atoms with van der Waals surface area (Å²) in [7, 11) is 0. The SMILES string of the molecule is CC#Cc1ccc2ccccc2c1O. The van der Waals surface area contributed by atoms with E-state index in [0.29, 0.717) is 5.56 Å². The fraction of sp³-hybridized carbons (Fsp3) is 0.0769. The number of hydrogen-bond donors (Lipinski definition) is 1. The zero-order valence-electron chi connectivity index (χ0n) is 7.91. The maximum atomic E-state index is 9.88. The van der Waals surface area contributed by atoms with Crippen molar-refractivity contribution in [3.05, 3.63) is 42.0 Å². The zero-order chi connectivity index (χ0) is 9.97. The van der Waals surface area contributed by atoms with Gasteiger partial charge in [0.1, 0.15) is 5.75 Å². The summed E-state index contributed by atoms with van der Waals surface area (Å²) in [5, 5.41) is 11.8. The van der Waals surface area contributed by atoms with Gasteiger partial charge in [0, 0.05) is 5.39 Å². The van der Waals surface area contributed by atoms with Gasteiger partial charge in [0.05, 0.1) is 5.56 Å². The number of phenols is 1. The molecule has 0 heterocycles. The van der Waals surface area contributed by atoms with Crippen molar-refractivity contribution >= 4 is 10.8 Å². The smallest absolute Gasteiger partial charge is 0.139 e. The van der Waals surface area contributed by atoms with Crippen molar-refractivity contribution in [3.8, 4) is 17.6 Å². The highest BCUT2D eigenvalue weighted by Gasteiger charge is 2.02. The minimum atomic E-state index is 0.275. The maximum absolute atomic E-state index is 9.88. The summed E-state index contributed by atoms with van der Waals surface area (Å²) < 4.78 is 0. The van der Waals surface area contributed by atoms with Gasteiger partial charge in [-0.3, -0.25) is 0 Å². The molecule has 68 valence electrons. The van der Waals surface area contributed by atoms with Crippen LogP contribution >= 0.6 is 0 Å². The van der Waals surface area contributed by atoms with E-state index in [-0.39, 0.29) is 5.75 Å². The molecule has 1 nitrogen and oxygen atoms in total. The monoisotopic (exact) mass is 182 g/mol.